The topological polar surface area (TPSA) is 31.4 Å². The first kappa shape index (κ1) is 13.9. The Morgan fingerprint density at radius 2 is 2.00 bits per heavy atom. The maximum absolute atomic E-state index is 5.88. The fraction of sp³-hybridized carbons (Fsp3) is 0.267. The lowest BCUT2D eigenvalue weighted by Gasteiger charge is -2.14. The van der Waals surface area contributed by atoms with E-state index in [0.29, 0.717) is 13.2 Å². The van der Waals surface area contributed by atoms with Gasteiger partial charge in [-0.3, -0.25) is 4.98 Å². The van der Waals surface area contributed by atoms with Crippen molar-refractivity contribution in [3.05, 3.63) is 53.9 Å². The SMILES string of the molecule is CCOc1cccc(CBr)c1OCc1ccccn1. The van der Waals surface area contributed by atoms with Crippen LogP contribution in [0.5, 0.6) is 11.5 Å². The summed E-state index contributed by atoms with van der Waals surface area (Å²) >= 11 is 3.47. The molecule has 0 aliphatic carbocycles. The van der Waals surface area contributed by atoms with Crippen molar-refractivity contribution in [1.29, 1.82) is 0 Å². The number of aromatic nitrogens is 1. The molecule has 0 saturated heterocycles. The molecular weight excluding hydrogens is 306 g/mol. The Morgan fingerprint density at radius 1 is 1.11 bits per heavy atom. The van der Waals surface area contributed by atoms with E-state index < -0.39 is 0 Å². The molecule has 0 unspecified atom stereocenters. The molecule has 0 amide bonds. The van der Waals surface area contributed by atoms with Crippen LogP contribution in [0.4, 0.5) is 0 Å². The second kappa shape index (κ2) is 7.14. The number of para-hydroxylation sites is 1. The van der Waals surface area contributed by atoms with Crippen molar-refractivity contribution < 1.29 is 9.47 Å². The smallest absolute Gasteiger partial charge is 0.165 e. The number of ether oxygens (including phenoxy) is 2. The number of halogens is 1. The van der Waals surface area contributed by atoms with Crippen LogP contribution in [0.3, 0.4) is 0 Å². The Bertz CT molecular complexity index is 517. The molecule has 0 atom stereocenters. The van der Waals surface area contributed by atoms with Crippen molar-refractivity contribution in [2.75, 3.05) is 6.61 Å². The molecule has 19 heavy (non-hydrogen) atoms. The molecule has 0 saturated carbocycles. The average molecular weight is 322 g/mol. The first-order valence-electron chi connectivity index (χ1n) is 6.18. The van der Waals surface area contributed by atoms with Gasteiger partial charge >= 0.3 is 0 Å². The van der Waals surface area contributed by atoms with Crippen molar-refractivity contribution in [2.24, 2.45) is 0 Å². The highest BCUT2D eigenvalue weighted by atomic mass is 79.9. The third-order valence-corrected chi connectivity index (χ3v) is 3.20. The van der Waals surface area contributed by atoms with Crippen molar-refractivity contribution in [2.45, 2.75) is 18.9 Å². The van der Waals surface area contributed by atoms with Gasteiger partial charge < -0.3 is 9.47 Å². The zero-order valence-corrected chi connectivity index (χ0v) is 12.4. The van der Waals surface area contributed by atoms with E-state index in [2.05, 4.69) is 20.9 Å². The summed E-state index contributed by atoms with van der Waals surface area (Å²) in [6.07, 6.45) is 1.76. The molecule has 0 N–H and O–H groups in total. The highest BCUT2D eigenvalue weighted by molar-refractivity contribution is 9.08. The van der Waals surface area contributed by atoms with Gasteiger partial charge in [-0.1, -0.05) is 34.1 Å². The molecule has 0 bridgehead atoms. The molecule has 4 heteroatoms. The number of hydrogen-bond donors (Lipinski definition) is 0. The highest BCUT2D eigenvalue weighted by Gasteiger charge is 2.10. The highest BCUT2D eigenvalue weighted by Crippen LogP contribution is 2.33. The number of nitrogens with zero attached hydrogens (tertiary/aromatic N) is 1. The van der Waals surface area contributed by atoms with Crippen molar-refractivity contribution >= 4 is 15.9 Å². The molecule has 2 aromatic rings. The molecule has 1 heterocycles. The summed E-state index contributed by atoms with van der Waals surface area (Å²) in [6, 6.07) is 11.7. The first-order chi connectivity index (χ1) is 9.35. The van der Waals surface area contributed by atoms with E-state index in [-0.39, 0.29) is 0 Å². The standard InChI is InChI=1S/C15H16BrNO2/c1-2-18-14-8-5-6-12(10-16)15(14)19-11-13-7-3-4-9-17-13/h3-9H,2,10-11H2,1H3. The van der Waals surface area contributed by atoms with Crippen LogP contribution in [0.25, 0.3) is 0 Å². The predicted molar refractivity (Wildman–Crippen MR) is 78.8 cm³/mol. The van der Waals surface area contributed by atoms with Crippen LogP contribution >= 0.6 is 15.9 Å². The van der Waals surface area contributed by atoms with E-state index in [1.54, 1.807) is 6.20 Å². The number of benzene rings is 1. The fourth-order valence-corrected chi connectivity index (χ4v) is 2.17. The monoisotopic (exact) mass is 321 g/mol. The van der Waals surface area contributed by atoms with Crippen LogP contribution in [0.15, 0.2) is 42.6 Å². The molecule has 2 rings (SSSR count). The minimum Gasteiger partial charge on any atom is -0.490 e. The lowest BCUT2D eigenvalue weighted by Crippen LogP contribution is -2.03. The summed E-state index contributed by atoms with van der Waals surface area (Å²) in [5, 5.41) is 0.728. The van der Waals surface area contributed by atoms with Crippen LogP contribution in [0, 0.1) is 0 Å². The van der Waals surface area contributed by atoms with Gasteiger partial charge in [0.1, 0.15) is 6.61 Å². The lowest BCUT2D eigenvalue weighted by molar-refractivity contribution is 0.264. The van der Waals surface area contributed by atoms with Crippen LogP contribution in [-0.4, -0.2) is 11.6 Å². The Balaban J connectivity index is 2.17. The normalized spacial score (nSPS) is 10.2. The van der Waals surface area contributed by atoms with Crippen molar-refractivity contribution in [3.8, 4) is 11.5 Å². The van der Waals surface area contributed by atoms with Crippen LogP contribution in [0.1, 0.15) is 18.2 Å². The average Bonchev–Trinajstić information content (AvgIpc) is 2.47. The summed E-state index contributed by atoms with van der Waals surface area (Å²) < 4.78 is 11.5. The Hall–Kier alpha value is -1.55. The molecule has 1 aromatic heterocycles. The van der Waals surface area contributed by atoms with Gasteiger partial charge in [-0.2, -0.15) is 0 Å². The van der Waals surface area contributed by atoms with E-state index in [0.717, 1.165) is 28.1 Å². The maximum atomic E-state index is 5.88. The molecule has 0 aliphatic rings. The van der Waals surface area contributed by atoms with Crippen molar-refractivity contribution in [1.82, 2.24) is 4.98 Å². The largest absolute Gasteiger partial charge is 0.490 e. The maximum Gasteiger partial charge on any atom is 0.165 e. The molecule has 0 aliphatic heterocycles. The number of pyridine rings is 1. The molecule has 1 aromatic carbocycles. The zero-order valence-electron chi connectivity index (χ0n) is 10.8. The minimum absolute atomic E-state index is 0.435. The van der Waals surface area contributed by atoms with Gasteiger partial charge in [0.25, 0.3) is 0 Å². The predicted octanol–water partition coefficient (Wildman–Crippen LogP) is 3.95. The summed E-state index contributed by atoms with van der Waals surface area (Å²) in [4.78, 5) is 4.25. The molecule has 100 valence electrons. The van der Waals surface area contributed by atoms with Gasteiger partial charge in [0, 0.05) is 17.1 Å². The lowest BCUT2D eigenvalue weighted by atomic mass is 10.2. The van der Waals surface area contributed by atoms with Gasteiger partial charge in [0.2, 0.25) is 0 Å². The first-order valence-corrected chi connectivity index (χ1v) is 7.30. The summed E-state index contributed by atoms with van der Waals surface area (Å²) in [7, 11) is 0. The van der Waals surface area contributed by atoms with Gasteiger partial charge in [0.05, 0.1) is 12.3 Å². The minimum atomic E-state index is 0.435. The number of hydrogen-bond acceptors (Lipinski definition) is 3. The Morgan fingerprint density at radius 3 is 2.68 bits per heavy atom. The van der Waals surface area contributed by atoms with Crippen LogP contribution < -0.4 is 9.47 Å². The summed E-state index contributed by atoms with van der Waals surface area (Å²) in [5.74, 6) is 1.56. The van der Waals surface area contributed by atoms with E-state index in [4.69, 9.17) is 9.47 Å². The quantitative estimate of drug-likeness (QED) is 0.755. The molecule has 0 radical (unpaired) electrons. The van der Waals surface area contributed by atoms with E-state index in [1.165, 1.54) is 0 Å². The van der Waals surface area contributed by atoms with Crippen LogP contribution in [-0.2, 0) is 11.9 Å². The van der Waals surface area contributed by atoms with Gasteiger partial charge in [-0.05, 0) is 25.1 Å². The van der Waals surface area contributed by atoms with E-state index >= 15 is 0 Å². The summed E-state index contributed by atoms with van der Waals surface area (Å²) in [6.45, 7) is 3.01. The van der Waals surface area contributed by atoms with E-state index in [9.17, 15) is 0 Å². The molecule has 0 spiro atoms. The second-order valence-electron chi connectivity index (χ2n) is 3.92. The zero-order chi connectivity index (χ0) is 13.5. The van der Waals surface area contributed by atoms with Gasteiger partial charge in [0.15, 0.2) is 11.5 Å². The number of rotatable bonds is 6. The van der Waals surface area contributed by atoms with Crippen molar-refractivity contribution in [3.63, 3.8) is 0 Å². The molecule has 0 fully saturated rings. The molecular formula is C15H16BrNO2. The third kappa shape index (κ3) is 3.70. The Labute approximate surface area is 121 Å². The van der Waals surface area contributed by atoms with Gasteiger partial charge in [-0.15, -0.1) is 0 Å². The second-order valence-corrected chi connectivity index (χ2v) is 4.48. The van der Waals surface area contributed by atoms with Gasteiger partial charge in [-0.25, -0.2) is 0 Å². The molecule has 3 nitrogen and oxygen atoms in total. The van der Waals surface area contributed by atoms with E-state index in [1.807, 2.05) is 43.3 Å². The fourth-order valence-electron chi connectivity index (χ4n) is 1.73. The summed E-state index contributed by atoms with van der Waals surface area (Å²) in [5.41, 5.74) is 1.97. The number of alkyl halides is 1. The van der Waals surface area contributed by atoms with Crippen LogP contribution in [0.2, 0.25) is 0 Å². The Kier molecular flexibility index (Phi) is 5.21. The third-order valence-electron chi connectivity index (χ3n) is 2.59.